The topological polar surface area (TPSA) is 68.6 Å². The molecule has 0 spiro atoms. The van der Waals surface area contributed by atoms with Crippen molar-refractivity contribution in [3.8, 4) is 17.0 Å². The molecule has 3 aromatic heterocycles. The fourth-order valence-corrected chi connectivity index (χ4v) is 4.32. The maximum Gasteiger partial charge on any atom is 0.122 e. The molecule has 0 bridgehead atoms. The number of ether oxygens (including phenoxy) is 1. The minimum atomic E-state index is -0.100. The highest BCUT2D eigenvalue weighted by atomic mass is 16.5. The largest absolute Gasteiger partial charge is 0.486 e. The van der Waals surface area contributed by atoms with E-state index in [-0.39, 0.29) is 6.10 Å². The summed E-state index contributed by atoms with van der Waals surface area (Å²) in [5.41, 5.74) is 6.44. The number of fused-ring (bicyclic) bond motifs is 2. The van der Waals surface area contributed by atoms with Gasteiger partial charge in [-0.05, 0) is 61.6 Å². The fourth-order valence-electron chi connectivity index (χ4n) is 4.32. The first kappa shape index (κ1) is 18.1. The Bertz CT molecular complexity index is 1410. The monoisotopic (exact) mass is 409 g/mol. The second-order valence-corrected chi connectivity index (χ2v) is 8.40. The van der Waals surface area contributed by atoms with Gasteiger partial charge in [-0.25, -0.2) is 0 Å². The number of aryl methyl sites for hydroxylation is 1. The van der Waals surface area contributed by atoms with Gasteiger partial charge in [-0.1, -0.05) is 12.1 Å². The van der Waals surface area contributed by atoms with Crippen molar-refractivity contribution in [3.63, 3.8) is 0 Å². The van der Waals surface area contributed by atoms with Crippen LogP contribution in [0.25, 0.3) is 33.1 Å². The maximum atomic E-state index is 6.45. The molecule has 2 aromatic carbocycles. The lowest BCUT2D eigenvalue weighted by Crippen LogP contribution is -2.05. The van der Waals surface area contributed by atoms with E-state index in [1.54, 1.807) is 4.68 Å². The van der Waals surface area contributed by atoms with Crippen molar-refractivity contribution in [2.75, 3.05) is 0 Å². The van der Waals surface area contributed by atoms with Crippen LogP contribution in [0.15, 0.2) is 61.1 Å². The molecule has 1 aliphatic carbocycles. The molecule has 1 fully saturated rings. The van der Waals surface area contributed by atoms with Crippen molar-refractivity contribution in [1.82, 2.24) is 25.0 Å². The van der Waals surface area contributed by atoms with Gasteiger partial charge in [0.2, 0.25) is 0 Å². The lowest BCUT2D eigenvalue weighted by atomic mass is 9.98. The molecule has 6 nitrogen and oxygen atoms in total. The first-order valence-electron chi connectivity index (χ1n) is 10.7. The van der Waals surface area contributed by atoms with Gasteiger partial charge < -0.3 is 4.74 Å². The molecular formula is C25H23N5O. The van der Waals surface area contributed by atoms with Gasteiger partial charge in [-0.2, -0.15) is 10.2 Å². The maximum absolute atomic E-state index is 6.45. The Morgan fingerprint density at radius 1 is 1.13 bits per heavy atom. The summed E-state index contributed by atoms with van der Waals surface area (Å²) in [4.78, 5) is 4.61. The van der Waals surface area contributed by atoms with Crippen molar-refractivity contribution in [1.29, 1.82) is 0 Å². The average molecular weight is 409 g/mol. The second-order valence-electron chi connectivity index (χ2n) is 8.40. The van der Waals surface area contributed by atoms with Gasteiger partial charge in [0.1, 0.15) is 17.5 Å². The summed E-state index contributed by atoms with van der Waals surface area (Å²) < 4.78 is 8.23. The predicted molar refractivity (Wildman–Crippen MR) is 121 cm³/mol. The summed E-state index contributed by atoms with van der Waals surface area (Å²) in [5, 5.41) is 14.1. The van der Waals surface area contributed by atoms with E-state index >= 15 is 0 Å². The van der Waals surface area contributed by atoms with E-state index < -0.39 is 0 Å². The molecule has 0 radical (unpaired) electrons. The van der Waals surface area contributed by atoms with Gasteiger partial charge in [0, 0.05) is 41.3 Å². The molecule has 1 saturated carbocycles. The Morgan fingerprint density at radius 2 is 2.03 bits per heavy atom. The Labute approximate surface area is 179 Å². The molecule has 1 aliphatic rings. The van der Waals surface area contributed by atoms with E-state index in [1.807, 2.05) is 43.8 Å². The molecular weight excluding hydrogens is 386 g/mol. The molecule has 1 N–H and O–H groups in total. The molecule has 1 unspecified atom stereocenters. The van der Waals surface area contributed by atoms with Gasteiger partial charge in [-0.15, -0.1) is 0 Å². The quantitative estimate of drug-likeness (QED) is 0.414. The smallest absolute Gasteiger partial charge is 0.122 e. The lowest BCUT2D eigenvalue weighted by Gasteiger charge is -2.18. The first-order valence-corrected chi connectivity index (χ1v) is 10.7. The third kappa shape index (κ3) is 3.24. The number of pyridine rings is 1. The predicted octanol–water partition coefficient (Wildman–Crippen LogP) is 5.53. The third-order valence-corrected chi connectivity index (χ3v) is 6.09. The molecule has 3 heterocycles. The van der Waals surface area contributed by atoms with Crippen LogP contribution >= 0.6 is 0 Å². The summed E-state index contributed by atoms with van der Waals surface area (Å²) in [6.45, 7) is 2.11. The van der Waals surface area contributed by atoms with E-state index in [0.717, 1.165) is 38.8 Å². The lowest BCUT2D eigenvalue weighted by molar-refractivity contribution is 0.228. The van der Waals surface area contributed by atoms with Crippen molar-refractivity contribution < 1.29 is 4.74 Å². The number of aromatic amines is 1. The highest BCUT2D eigenvalue weighted by Crippen LogP contribution is 2.42. The Balaban J connectivity index is 1.37. The van der Waals surface area contributed by atoms with Gasteiger partial charge in [-0.3, -0.25) is 14.8 Å². The van der Waals surface area contributed by atoms with Crippen LogP contribution in [0.2, 0.25) is 0 Å². The molecule has 0 aliphatic heterocycles. The standard InChI is InChI=1S/C25H23N5O/c1-15(21-10-17(16-5-6-16)11-24-20(21)4-3-9-26-24)31-19-7-8-23-22(12-19)25(29-28-23)18-13-27-30(2)14-18/h3-4,7-16H,5-6H2,1-2H3,(H,28,29). The van der Waals surface area contributed by atoms with E-state index in [4.69, 9.17) is 4.74 Å². The summed E-state index contributed by atoms with van der Waals surface area (Å²) >= 11 is 0. The third-order valence-electron chi connectivity index (χ3n) is 6.09. The molecule has 154 valence electrons. The normalized spacial score (nSPS) is 14.9. The first-order chi connectivity index (χ1) is 15.2. The van der Waals surface area contributed by atoms with Crippen molar-refractivity contribution in [2.45, 2.75) is 31.8 Å². The van der Waals surface area contributed by atoms with Crippen molar-refractivity contribution in [3.05, 3.63) is 72.2 Å². The van der Waals surface area contributed by atoms with E-state index in [2.05, 4.69) is 51.5 Å². The molecule has 0 amide bonds. The molecule has 6 rings (SSSR count). The van der Waals surface area contributed by atoms with Crippen LogP contribution < -0.4 is 4.74 Å². The highest BCUT2D eigenvalue weighted by Gasteiger charge is 2.25. The van der Waals surface area contributed by atoms with Crippen LogP contribution in [-0.4, -0.2) is 25.0 Å². The van der Waals surface area contributed by atoms with Crippen LogP contribution in [0.1, 0.15) is 42.9 Å². The van der Waals surface area contributed by atoms with Crippen LogP contribution in [0.5, 0.6) is 5.75 Å². The van der Waals surface area contributed by atoms with Gasteiger partial charge in [0.25, 0.3) is 0 Å². The summed E-state index contributed by atoms with van der Waals surface area (Å²) in [6.07, 6.45) is 8.09. The van der Waals surface area contributed by atoms with Gasteiger partial charge >= 0.3 is 0 Å². The van der Waals surface area contributed by atoms with Crippen LogP contribution in [0.3, 0.4) is 0 Å². The number of nitrogens with one attached hydrogen (secondary N) is 1. The van der Waals surface area contributed by atoms with Crippen LogP contribution in [0.4, 0.5) is 0 Å². The number of hydrogen-bond donors (Lipinski definition) is 1. The number of nitrogens with zero attached hydrogens (tertiary/aromatic N) is 4. The number of H-pyrrole nitrogens is 1. The minimum absolute atomic E-state index is 0.100. The zero-order valence-electron chi connectivity index (χ0n) is 17.5. The second kappa shape index (κ2) is 6.94. The number of benzene rings is 2. The molecule has 1 atom stereocenters. The Morgan fingerprint density at radius 3 is 2.84 bits per heavy atom. The minimum Gasteiger partial charge on any atom is -0.486 e. The van der Waals surface area contributed by atoms with Gasteiger partial charge in [0.05, 0.1) is 17.2 Å². The summed E-state index contributed by atoms with van der Waals surface area (Å²) in [5.74, 6) is 1.49. The average Bonchev–Trinajstić information content (AvgIpc) is 3.42. The Hall–Kier alpha value is -3.67. The van der Waals surface area contributed by atoms with E-state index in [1.165, 1.54) is 24.0 Å². The highest BCUT2D eigenvalue weighted by molar-refractivity contribution is 5.93. The SMILES string of the molecule is CC(Oc1ccc2[nH]nc(-c3cnn(C)c3)c2c1)c1cc(C2CC2)cc2ncccc12. The van der Waals surface area contributed by atoms with Crippen molar-refractivity contribution >= 4 is 21.8 Å². The summed E-state index contributed by atoms with van der Waals surface area (Å²) in [7, 11) is 1.91. The van der Waals surface area contributed by atoms with Crippen LogP contribution in [-0.2, 0) is 7.05 Å². The number of aromatic nitrogens is 5. The molecule has 5 aromatic rings. The summed E-state index contributed by atoms with van der Waals surface area (Å²) in [6, 6.07) is 14.7. The zero-order chi connectivity index (χ0) is 20.9. The number of rotatable bonds is 5. The molecule has 6 heteroatoms. The van der Waals surface area contributed by atoms with Gasteiger partial charge in [0.15, 0.2) is 0 Å². The Kier molecular flexibility index (Phi) is 4.06. The van der Waals surface area contributed by atoms with Crippen molar-refractivity contribution in [2.24, 2.45) is 7.05 Å². The molecule has 31 heavy (non-hydrogen) atoms. The zero-order valence-corrected chi connectivity index (χ0v) is 17.5. The van der Waals surface area contributed by atoms with E-state index in [0.29, 0.717) is 5.92 Å². The number of hydrogen-bond acceptors (Lipinski definition) is 4. The van der Waals surface area contributed by atoms with E-state index in [9.17, 15) is 0 Å². The van der Waals surface area contributed by atoms with Crippen LogP contribution in [0, 0.1) is 0 Å². The fraction of sp³-hybridized carbons (Fsp3) is 0.240. The molecule has 0 saturated heterocycles.